The van der Waals surface area contributed by atoms with Crippen molar-refractivity contribution in [1.82, 2.24) is 0 Å². The van der Waals surface area contributed by atoms with E-state index in [-0.39, 0.29) is 17.3 Å². The molecule has 4 unspecified atom stereocenters. The van der Waals surface area contributed by atoms with E-state index >= 15 is 0 Å². The lowest BCUT2D eigenvalue weighted by Crippen LogP contribution is -2.45. The normalized spacial score (nSPS) is 34.6. The molecule has 12 heavy (non-hydrogen) atoms. The van der Waals surface area contributed by atoms with Gasteiger partial charge in [-0.1, -0.05) is 0 Å². The Morgan fingerprint density at radius 2 is 2.17 bits per heavy atom. The van der Waals surface area contributed by atoms with Gasteiger partial charge in [0.25, 0.3) is 0 Å². The molecular formula is C8H16N2OS. The molecule has 0 aromatic carbocycles. The summed E-state index contributed by atoms with van der Waals surface area (Å²) in [7, 11) is 0. The Balaban J connectivity index is 2.40. The first-order valence-electron chi connectivity index (χ1n) is 4.27. The van der Waals surface area contributed by atoms with E-state index in [1.54, 1.807) is 11.8 Å². The zero-order valence-electron chi connectivity index (χ0n) is 7.27. The van der Waals surface area contributed by atoms with E-state index in [2.05, 4.69) is 0 Å². The van der Waals surface area contributed by atoms with Crippen LogP contribution < -0.4 is 11.5 Å². The van der Waals surface area contributed by atoms with Crippen LogP contribution in [0.5, 0.6) is 0 Å². The average molecular weight is 188 g/mol. The molecule has 1 fully saturated rings. The molecule has 4 atom stereocenters. The fraction of sp³-hybridized carbons (Fsp3) is 0.875. The maximum Gasteiger partial charge on any atom is 0.132 e. The summed E-state index contributed by atoms with van der Waals surface area (Å²) in [5, 5.41) is 0.528. The van der Waals surface area contributed by atoms with Gasteiger partial charge in [-0.2, -0.15) is 0 Å². The van der Waals surface area contributed by atoms with E-state index in [9.17, 15) is 4.79 Å². The molecule has 0 aromatic heterocycles. The molecule has 4 N–H and O–H groups in total. The predicted octanol–water partition coefficient (Wildman–Crippen LogP) is 0.124. The van der Waals surface area contributed by atoms with Crippen LogP contribution in [0.3, 0.4) is 0 Å². The number of rotatable bonds is 3. The summed E-state index contributed by atoms with van der Waals surface area (Å²) in [5.41, 5.74) is 11.6. The van der Waals surface area contributed by atoms with E-state index in [0.717, 1.165) is 19.1 Å². The molecule has 1 aliphatic rings. The van der Waals surface area contributed by atoms with Crippen molar-refractivity contribution in [2.24, 2.45) is 11.5 Å². The lowest BCUT2D eigenvalue weighted by Gasteiger charge is -2.21. The zero-order chi connectivity index (χ0) is 9.14. The summed E-state index contributed by atoms with van der Waals surface area (Å²) in [6, 6.07) is 0.0489. The van der Waals surface area contributed by atoms with Gasteiger partial charge in [-0.25, -0.2) is 0 Å². The van der Waals surface area contributed by atoms with Gasteiger partial charge in [0.2, 0.25) is 0 Å². The third kappa shape index (κ3) is 2.21. The van der Waals surface area contributed by atoms with Crippen LogP contribution in [0.4, 0.5) is 0 Å². The lowest BCUT2D eigenvalue weighted by molar-refractivity contribution is -0.107. The highest BCUT2D eigenvalue weighted by Gasteiger charge is 2.30. The summed E-state index contributed by atoms with van der Waals surface area (Å²) in [6.07, 6.45) is 2.99. The first-order valence-corrected chi connectivity index (χ1v) is 5.21. The van der Waals surface area contributed by atoms with Gasteiger partial charge in [0, 0.05) is 17.3 Å². The quantitative estimate of drug-likeness (QED) is 0.617. The van der Waals surface area contributed by atoms with Crippen molar-refractivity contribution >= 4 is 18.0 Å². The molecule has 0 radical (unpaired) electrons. The molecule has 1 rings (SSSR count). The lowest BCUT2D eigenvalue weighted by atomic mass is 10.0. The number of aldehydes is 1. The summed E-state index contributed by atoms with van der Waals surface area (Å²) in [4.78, 5) is 10.5. The number of carbonyl (C=O) groups excluding carboxylic acids is 1. The first kappa shape index (κ1) is 10.0. The van der Waals surface area contributed by atoms with Crippen molar-refractivity contribution in [2.75, 3.05) is 0 Å². The number of carbonyl (C=O) groups is 1. The fourth-order valence-corrected chi connectivity index (χ4v) is 2.90. The number of thioether (sulfide) groups is 1. The van der Waals surface area contributed by atoms with Crippen LogP contribution in [0.1, 0.15) is 19.8 Å². The molecule has 1 aliphatic heterocycles. The third-order valence-electron chi connectivity index (χ3n) is 2.27. The zero-order valence-corrected chi connectivity index (χ0v) is 8.09. The second-order valence-corrected chi connectivity index (χ2v) is 4.85. The van der Waals surface area contributed by atoms with Crippen LogP contribution >= 0.6 is 11.8 Å². The van der Waals surface area contributed by atoms with Gasteiger partial charge >= 0.3 is 0 Å². The van der Waals surface area contributed by atoms with E-state index in [1.807, 2.05) is 6.92 Å². The molecular weight excluding hydrogens is 172 g/mol. The molecule has 0 amide bonds. The Morgan fingerprint density at radius 1 is 1.50 bits per heavy atom. The van der Waals surface area contributed by atoms with Crippen molar-refractivity contribution in [3.8, 4) is 0 Å². The minimum atomic E-state index is 0.0212. The maximum atomic E-state index is 10.5. The number of hydrogen-bond donors (Lipinski definition) is 2. The molecule has 3 nitrogen and oxygen atoms in total. The smallest absolute Gasteiger partial charge is 0.132 e. The molecule has 0 saturated carbocycles. The summed E-state index contributed by atoms with van der Waals surface area (Å²) >= 11 is 1.67. The molecule has 0 aromatic rings. The van der Waals surface area contributed by atoms with Gasteiger partial charge < -0.3 is 16.3 Å². The Kier molecular flexibility index (Phi) is 3.55. The van der Waals surface area contributed by atoms with Crippen LogP contribution in [0.2, 0.25) is 0 Å². The molecule has 1 heterocycles. The number of nitrogens with two attached hydrogens (primary N) is 2. The largest absolute Gasteiger partial charge is 0.327 e. The van der Waals surface area contributed by atoms with Gasteiger partial charge in [0.05, 0.1) is 5.25 Å². The fourth-order valence-electron chi connectivity index (χ4n) is 1.41. The maximum absolute atomic E-state index is 10.5. The summed E-state index contributed by atoms with van der Waals surface area (Å²) in [5.74, 6) is 0. The summed E-state index contributed by atoms with van der Waals surface area (Å²) < 4.78 is 0. The van der Waals surface area contributed by atoms with E-state index in [4.69, 9.17) is 11.5 Å². The van der Waals surface area contributed by atoms with Crippen LogP contribution in [0.25, 0.3) is 0 Å². The van der Waals surface area contributed by atoms with Crippen molar-refractivity contribution < 1.29 is 4.79 Å². The average Bonchev–Trinajstić information content (AvgIpc) is 2.50. The van der Waals surface area contributed by atoms with Crippen LogP contribution in [-0.2, 0) is 4.79 Å². The molecule has 4 heteroatoms. The van der Waals surface area contributed by atoms with Crippen molar-refractivity contribution in [3.63, 3.8) is 0 Å². The molecule has 1 saturated heterocycles. The standard InChI is InChI=1S/C8H16N2OS/c1-5(9)8(10)7-3-2-6(4-11)12-7/h4-8H,2-3,9-10H2,1H3. The highest BCUT2D eigenvalue weighted by molar-refractivity contribution is 8.01. The highest BCUT2D eigenvalue weighted by Crippen LogP contribution is 2.34. The SMILES string of the molecule is CC(N)C(N)C1CCC(C=O)S1. The highest BCUT2D eigenvalue weighted by atomic mass is 32.2. The first-order chi connectivity index (χ1) is 5.65. The Hall–Kier alpha value is -0.0600. The predicted molar refractivity (Wildman–Crippen MR) is 52.1 cm³/mol. The van der Waals surface area contributed by atoms with Gasteiger partial charge in [-0.05, 0) is 19.8 Å². The van der Waals surface area contributed by atoms with Crippen LogP contribution in [0, 0.1) is 0 Å². The van der Waals surface area contributed by atoms with Gasteiger partial charge in [0.1, 0.15) is 6.29 Å². The van der Waals surface area contributed by atoms with Crippen LogP contribution in [0.15, 0.2) is 0 Å². The minimum absolute atomic E-state index is 0.0212. The Labute approximate surface area is 77.3 Å². The van der Waals surface area contributed by atoms with E-state index in [1.165, 1.54) is 0 Å². The molecule has 0 aliphatic carbocycles. The van der Waals surface area contributed by atoms with Crippen molar-refractivity contribution in [1.29, 1.82) is 0 Å². The monoisotopic (exact) mass is 188 g/mol. The molecule has 70 valence electrons. The van der Waals surface area contributed by atoms with Crippen molar-refractivity contribution in [2.45, 2.75) is 42.3 Å². The van der Waals surface area contributed by atoms with Gasteiger partial charge in [0.15, 0.2) is 0 Å². The second-order valence-electron chi connectivity index (χ2n) is 3.36. The van der Waals surface area contributed by atoms with Gasteiger partial charge in [-0.3, -0.25) is 0 Å². The van der Waals surface area contributed by atoms with E-state index in [0.29, 0.717) is 5.25 Å². The molecule has 0 bridgehead atoms. The molecule has 0 spiro atoms. The Morgan fingerprint density at radius 3 is 2.58 bits per heavy atom. The van der Waals surface area contributed by atoms with Crippen molar-refractivity contribution in [3.05, 3.63) is 0 Å². The topological polar surface area (TPSA) is 69.1 Å². The minimum Gasteiger partial charge on any atom is -0.327 e. The second kappa shape index (κ2) is 4.25. The Bertz CT molecular complexity index is 163. The summed E-state index contributed by atoms with van der Waals surface area (Å²) in [6.45, 7) is 1.92. The third-order valence-corrected chi connectivity index (χ3v) is 3.87. The van der Waals surface area contributed by atoms with Crippen LogP contribution in [-0.4, -0.2) is 28.9 Å². The van der Waals surface area contributed by atoms with Gasteiger partial charge in [-0.15, -0.1) is 11.8 Å². The number of hydrogen-bond acceptors (Lipinski definition) is 4. The van der Waals surface area contributed by atoms with E-state index < -0.39 is 0 Å².